The standard InChI is InChI=1S/C16H11ClO5S/c1-20-10-2-3-11-9(6-15(18)22-12(11)7-10)8-21-16(19)13-4-5-14(17)23-13/h2-7H,8H2,1H3. The average Bonchev–Trinajstić information content (AvgIpc) is 2.98. The van der Waals surface area contributed by atoms with E-state index < -0.39 is 11.6 Å². The number of thiophene rings is 1. The van der Waals surface area contributed by atoms with Crippen molar-refractivity contribution in [1.29, 1.82) is 0 Å². The molecule has 0 spiro atoms. The Labute approximate surface area is 140 Å². The molecule has 0 saturated heterocycles. The van der Waals surface area contributed by atoms with Crippen molar-refractivity contribution in [2.75, 3.05) is 7.11 Å². The van der Waals surface area contributed by atoms with Gasteiger partial charge in [-0.2, -0.15) is 0 Å². The van der Waals surface area contributed by atoms with Crippen molar-refractivity contribution in [2.45, 2.75) is 6.61 Å². The second-order valence-electron chi connectivity index (χ2n) is 4.63. The summed E-state index contributed by atoms with van der Waals surface area (Å²) >= 11 is 6.93. The van der Waals surface area contributed by atoms with E-state index in [1.54, 1.807) is 30.3 Å². The molecule has 1 aromatic carbocycles. The molecule has 118 valence electrons. The van der Waals surface area contributed by atoms with E-state index in [4.69, 9.17) is 25.5 Å². The Hall–Kier alpha value is -2.31. The molecule has 5 nitrogen and oxygen atoms in total. The first-order valence-electron chi connectivity index (χ1n) is 6.60. The topological polar surface area (TPSA) is 65.7 Å². The van der Waals surface area contributed by atoms with Gasteiger partial charge in [0.25, 0.3) is 0 Å². The molecule has 2 heterocycles. The number of hydrogen-bond acceptors (Lipinski definition) is 6. The van der Waals surface area contributed by atoms with E-state index in [1.807, 2.05) is 0 Å². The van der Waals surface area contributed by atoms with Crippen LogP contribution in [0.2, 0.25) is 4.34 Å². The van der Waals surface area contributed by atoms with Crippen LogP contribution < -0.4 is 10.4 Å². The van der Waals surface area contributed by atoms with Crippen LogP contribution in [0.25, 0.3) is 11.0 Å². The summed E-state index contributed by atoms with van der Waals surface area (Å²) in [7, 11) is 1.52. The molecule has 0 unspecified atom stereocenters. The predicted octanol–water partition coefficient (Wildman–Crippen LogP) is 3.87. The second-order valence-corrected chi connectivity index (χ2v) is 6.35. The summed E-state index contributed by atoms with van der Waals surface area (Å²) in [5.74, 6) is 0.0832. The first-order chi connectivity index (χ1) is 11.1. The summed E-state index contributed by atoms with van der Waals surface area (Å²) in [4.78, 5) is 24.0. The lowest BCUT2D eigenvalue weighted by atomic mass is 10.1. The van der Waals surface area contributed by atoms with Gasteiger partial charge in [-0.15, -0.1) is 11.3 Å². The van der Waals surface area contributed by atoms with Crippen LogP contribution in [0, 0.1) is 0 Å². The highest BCUT2D eigenvalue weighted by Gasteiger charge is 2.13. The van der Waals surface area contributed by atoms with Crippen molar-refractivity contribution in [3.05, 3.63) is 61.6 Å². The highest BCUT2D eigenvalue weighted by Crippen LogP contribution is 2.25. The number of halogens is 1. The van der Waals surface area contributed by atoms with Gasteiger partial charge in [0.1, 0.15) is 22.8 Å². The Bertz CT molecular complexity index is 928. The van der Waals surface area contributed by atoms with Crippen LogP contribution in [0.1, 0.15) is 15.2 Å². The molecule has 0 bridgehead atoms. The average molecular weight is 351 g/mol. The third kappa shape index (κ3) is 3.38. The van der Waals surface area contributed by atoms with Crippen LogP contribution in [0.4, 0.5) is 0 Å². The SMILES string of the molecule is COc1ccc2c(COC(=O)c3ccc(Cl)s3)cc(=O)oc2c1. The molecule has 2 aromatic heterocycles. The zero-order valence-corrected chi connectivity index (χ0v) is 13.6. The first kappa shape index (κ1) is 15.6. The molecule has 23 heavy (non-hydrogen) atoms. The molecular formula is C16H11ClO5S. The molecular weight excluding hydrogens is 340 g/mol. The monoisotopic (exact) mass is 350 g/mol. The summed E-state index contributed by atoms with van der Waals surface area (Å²) in [6, 6.07) is 9.64. The maximum Gasteiger partial charge on any atom is 0.348 e. The highest BCUT2D eigenvalue weighted by atomic mass is 35.5. The van der Waals surface area contributed by atoms with Crippen LogP contribution in [-0.2, 0) is 11.3 Å². The maximum atomic E-state index is 12.0. The molecule has 0 aliphatic heterocycles. The zero-order chi connectivity index (χ0) is 16.4. The number of carbonyl (C=O) groups excluding carboxylic acids is 1. The van der Waals surface area contributed by atoms with Gasteiger partial charge in [0, 0.05) is 23.1 Å². The van der Waals surface area contributed by atoms with Gasteiger partial charge in [-0.25, -0.2) is 9.59 Å². The van der Waals surface area contributed by atoms with Gasteiger partial charge >= 0.3 is 11.6 Å². The summed E-state index contributed by atoms with van der Waals surface area (Å²) in [6.07, 6.45) is 0. The van der Waals surface area contributed by atoms with Gasteiger partial charge < -0.3 is 13.9 Å². The van der Waals surface area contributed by atoms with Gasteiger partial charge in [0.05, 0.1) is 11.4 Å². The van der Waals surface area contributed by atoms with Crippen LogP contribution in [0.5, 0.6) is 5.75 Å². The van der Waals surface area contributed by atoms with Crippen molar-refractivity contribution in [1.82, 2.24) is 0 Å². The third-order valence-corrected chi connectivity index (χ3v) is 4.38. The fraction of sp³-hybridized carbons (Fsp3) is 0.125. The van der Waals surface area contributed by atoms with Crippen LogP contribution in [0.3, 0.4) is 0 Å². The normalized spacial score (nSPS) is 10.7. The Morgan fingerprint density at radius 1 is 1.26 bits per heavy atom. The van der Waals surface area contributed by atoms with E-state index in [1.165, 1.54) is 13.2 Å². The zero-order valence-electron chi connectivity index (χ0n) is 12.0. The van der Waals surface area contributed by atoms with Crippen molar-refractivity contribution >= 4 is 39.9 Å². The van der Waals surface area contributed by atoms with Gasteiger partial charge in [-0.05, 0) is 24.3 Å². The van der Waals surface area contributed by atoms with Crippen LogP contribution in [-0.4, -0.2) is 13.1 Å². The number of ether oxygens (including phenoxy) is 2. The molecule has 0 saturated carbocycles. The fourth-order valence-corrected chi connectivity index (χ4v) is 3.03. The number of esters is 1. The summed E-state index contributed by atoms with van der Waals surface area (Å²) in [5, 5.41) is 0.683. The molecule has 0 radical (unpaired) electrons. The van der Waals surface area contributed by atoms with Gasteiger partial charge in [0.15, 0.2) is 0 Å². The summed E-state index contributed by atoms with van der Waals surface area (Å²) in [5.41, 5.74) is 0.424. The molecule has 0 N–H and O–H groups in total. The lowest BCUT2D eigenvalue weighted by Crippen LogP contribution is -2.06. The van der Waals surface area contributed by atoms with Crippen molar-refractivity contribution in [3.63, 3.8) is 0 Å². The maximum absolute atomic E-state index is 12.0. The largest absolute Gasteiger partial charge is 0.497 e. The highest BCUT2D eigenvalue weighted by molar-refractivity contribution is 7.17. The molecule has 0 atom stereocenters. The molecule has 0 fully saturated rings. The first-order valence-corrected chi connectivity index (χ1v) is 7.79. The molecule has 3 aromatic rings. The number of carbonyl (C=O) groups is 1. The molecule has 0 amide bonds. The number of rotatable bonds is 4. The quantitative estimate of drug-likeness (QED) is 0.528. The predicted molar refractivity (Wildman–Crippen MR) is 87.5 cm³/mol. The Balaban J connectivity index is 1.87. The molecule has 0 aliphatic rings. The Morgan fingerprint density at radius 2 is 2.09 bits per heavy atom. The minimum absolute atomic E-state index is 0.0389. The Morgan fingerprint density at radius 3 is 2.78 bits per heavy atom. The molecule has 7 heteroatoms. The third-order valence-electron chi connectivity index (χ3n) is 3.17. The van der Waals surface area contributed by atoms with E-state index in [2.05, 4.69) is 0 Å². The molecule has 3 rings (SSSR count). The number of hydrogen-bond donors (Lipinski definition) is 0. The second kappa shape index (κ2) is 6.44. The fourth-order valence-electron chi connectivity index (χ4n) is 2.10. The van der Waals surface area contributed by atoms with Crippen LogP contribution in [0.15, 0.2) is 45.6 Å². The van der Waals surface area contributed by atoms with E-state index in [-0.39, 0.29) is 6.61 Å². The minimum Gasteiger partial charge on any atom is -0.497 e. The van der Waals surface area contributed by atoms with E-state index in [9.17, 15) is 9.59 Å². The number of fused-ring (bicyclic) bond motifs is 1. The number of benzene rings is 1. The van der Waals surface area contributed by atoms with Gasteiger partial charge in [0.2, 0.25) is 0 Å². The smallest absolute Gasteiger partial charge is 0.348 e. The lowest BCUT2D eigenvalue weighted by molar-refractivity contribution is 0.0479. The van der Waals surface area contributed by atoms with Crippen molar-refractivity contribution < 1.29 is 18.7 Å². The molecule has 0 aliphatic carbocycles. The summed E-state index contributed by atoms with van der Waals surface area (Å²) in [6.45, 7) is -0.0389. The number of methoxy groups -OCH3 is 1. The minimum atomic E-state index is -0.518. The van der Waals surface area contributed by atoms with E-state index in [0.29, 0.717) is 31.5 Å². The van der Waals surface area contributed by atoms with Crippen molar-refractivity contribution in [2.24, 2.45) is 0 Å². The lowest BCUT2D eigenvalue weighted by Gasteiger charge is -2.07. The Kier molecular flexibility index (Phi) is 4.36. The van der Waals surface area contributed by atoms with Gasteiger partial charge in [-0.1, -0.05) is 11.6 Å². The van der Waals surface area contributed by atoms with Crippen molar-refractivity contribution in [3.8, 4) is 5.75 Å². The van der Waals surface area contributed by atoms with E-state index in [0.717, 1.165) is 11.3 Å². The van der Waals surface area contributed by atoms with Gasteiger partial charge in [-0.3, -0.25) is 0 Å². The van der Waals surface area contributed by atoms with Crippen LogP contribution >= 0.6 is 22.9 Å². The summed E-state index contributed by atoms with van der Waals surface area (Å²) < 4.78 is 16.0. The van der Waals surface area contributed by atoms with E-state index >= 15 is 0 Å².